The number of imidazole rings is 1. The van der Waals surface area contributed by atoms with Gasteiger partial charge in [-0.2, -0.15) is 0 Å². The van der Waals surface area contributed by atoms with Gasteiger partial charge in [0, 0.05) is 19.0 Å². The van der Waals surface area contributed by atoms with Gasteiger partial charge < -0.3 is 9.30 Å². The molecule has 1 aromatic heterocycles. The Bertz CT molecular complexity index is 1030. The molecule has 3 nitrogen and oxygen atoms in total. The minimum atomic E-state index is 0.827. The highest BCUT2D eigenvalue weighted by Gasteiger charge is 2.12. The van der Waals surface area contributed by atoms with Crippen molar-refractivity contribution in [2.75, 3.05) is 7.11 Å². The van der Waals surface area contributed by atoms with Gasteiger partial charge in [-0.15, -0.1) is 0 Å². The van der Waals surface area contributed by atoms with Crippen LogP contribution in [0.2, 0.25) is 0 Å². The van der Waals surface area contributed by atoms with Crippen molar-refractivity contribution in [2.45, 2.75) is 26.3 Å². The summed E-state index contributed by atoms with van der Waals surface area (Å²) in [4.78, 5) is 4.93. The normalized spacial score (nSPS) is 11.0. The first-order chi connectivity index (χ1) is 13.2. The summed E-state index contributed by atoms with van der Waals surface area (Å²) in [5.74, 6) is 1.96. The number of hydrogen-bond donors (Lipinski definition) is 0. The Morgan fingerprint density at radius 1 is 0.852 bits per heavy atom. The van der Waals surface area contributed by atoms with E-state index in [1.165, 1.54) is 16.7 Å². The van der Waals surface area contributed by atoms with Gasteiger partial charge in [0.05, 0.1) is 18.1 Å². The summed E-state index contributed by atoms with van der Waals surface area (Å²) in [6.45, 7) is 2.95. The molecule has 0 aliphatic heterocycles. The molecule has 27 heavy (non-hydrogen) atoms. The molecule has 0 aliphatic carbocycles. The minimum Gasteiger partial charge on any atom is -0.497 e. The predicted octanol–water partition coefficient (Wildman–Crippen LogP) is 5.19. The van der Waals surface area contributed by atoms with Crippen LogP contribution in [0.15, 0.2) is 72.8 Å². The molecular formula is C24H24N2O. The second-order valence-corrected chi connectivity index (χ2v) is 6.94. The van der Waals surface area contributed by atoms with Gasteiger partial charge in [0.1, 0.15) is 11.6 Å². The van der Waals surface area contributed by atoms with Crippen LogP contribution in [0.4, 0.5) is 0 Å². The maximum absolute atomic E-state index is 5.38. The summed E-state index contributed by atoms with van der Waals surface area (Å²) in [6.07, 6.45) is 1.89. The molecule has 136 valence electrons. The number of methoxy groups -OCH3 is 1. The Labute approximate surface area is 160 Å². The summed E-state index contributed by atoms with van der Waals surface area (Å²) >= 11 is 0. The second-order valence-electron chi connectivity index (χ2n) is 6.94. The lowest BCUT2D eigenvalue weighted by Crippen LogP contribution is -2.06. The van der Waals surface area contributed by atoms with E-state index in [0.717, 1.165) is 42.0 Å². The summed E-state index contributed by atoms with van der Waals surface area (Å²) in [7, 11) is 1.70. The van der Waals surface area contributed by atoms with E-state index in [1.807, 2.05) is 12.1 Å². The minimum absolute atomic E-state index is 0.827. The summed E-state index contributed by atoms with van der Waals surface area (Å²) < 4.78 is 7.72. The molecule has 0 bridgehead atoms. The Balaban J connectivity index is 1.70. The molecule has 0 amide bonds. The van der Waals surface area contributed by atoms with Crippen LogP contribution in [0.25, 0.3) is 11.0 Å². The first-order valence-corrected chi connectivity index (χ1v) is 9.35. The monoisotopic (exact) mass is 356 g/mol. The molecule has 3 aromatic carbocycles. The number of rotatable bonds is 6. The average molecular weight is 356 g/mol. The molecular weight excluding hydrogens is 332 g/mol. The SMILES string of the molecule is COc1ccc2c(c1)nc(CCc1ccccc1)n2Cc1ccc(C)cc1. The van der Waals surface area contributed by atoms with Crippen molar-refractivity contribution in [3.63, 3.8) is 0 Å². The highest BCUT2D eigenvalue weighted by Crippen LogP contribution is 2.24. The van der Waals surface area contributed by atoms with Crippen molar-refractivity contribution in [1.29, 1.82) is 0 Å². The van der Waals surface area contributed by atoms with Crippen LogP contribution in [-0.2, 0) is 19.4 Å². The predicted molar refractivity (Wildman–Crippen MR) is 110 cm³/mol. The molecule has 3 heteroatoms. The fourth-order valence-corrected chi connectivity index (χ4v) is 3.43. The fourth-order valence-electron chi connectivity index (χ4n) is 3.43. The number of ether oxygens (including phenoxy) is 1. The van der Waals surface area contributed by atoms with Crippen molar-refractivity contribution in [3.8, 4) is 5.75 Å². The quantitative estimate of drug-likeness (QED) is 0.475. The molecule has 0 saturated heterocycles. The van der Waals surface area contributed by atoms with Gasteiger partial charge >= 0.3 is 0 Å². The van der Waals surface area contributed by atoms with Gasteiger partial charge in [-0.3, -0.25) is 0 Å². The third kappa shape index (κ3) is 3.87. The summed E-state index contributed by atoms with van der Waals surface area (Å²) in [5, 5.41) is 0. The highest BCUT2D eigenvalue weighted by molar-refractivity contribution is 5.78. The standard InChI is InChI=1S/C24H24N2O/c1-18-8-10-20(11-9-18)17-26-23-14-13-21(27-2)16-22(23)25-24(26)15-12-19-6-4-3-5-7-19/h3-11,13-14,16H,12,15,17H2,1-2H3. The van der Waals surface area contributed by atoms with Gasteiger partial charge in [-0.1, -0.05) is 60.2 Å². The molecule has 4 rings (SSSR count). The Kier molecular flexibility index (Phi) is 4.93. The van der Waals surface area contributed by atoms with Gasteiger partial charge in [0.2, 0.25) is 0 Å². The molecule has 0 radical (unpaired) electrons. The third-order valence-electron chi connectivity index (χ3n) is 4.98. The number of fused-ring (bicyclic) bond motifs is 1. The Morgan fingerprint density at radius 3 is 2.37 bits per heavy atom. The van der Waals surface area contributed by atoms with Crippen molar-refractivity contribution in [3.05, 3.63) is 95.3 Å². The lowest BCUT2D eigenvalue weighted by molar-refractivity contribution is 0.415. The van der Waals surface area contributed by atoms with E-state index >= 15 is 0 Å². The number of nitrogens with zero attached hydrogens (tertiary/aromatic N) is 2. The van der Waals surface area contributed by atoms with Crippen LogP contribution in [0.1, 0.15) is 22.5 Å². The molecule has 0 saturated carbocycles. The summed E-state index contributed by atoms with van der Waals surface area (Å²) in [5.41, 5.74) is 6.05. The van der Waals surface area contributed by atoms with E-state index in [2.05, 4.69) is 72.2 Å². The molecule has 0 N–H and O–H groups in total. The largest absolute Gasteiger partial charge is 0.497 e. The fraction of sp³-hybridized carbons (Fsp3) is 0.208. The smallest absolute Gasteiger partial charge is 0.121 e. The van der Waals surface area contributed by atoms with E-state index in [0.29, 0.717) is 0 Å². The first kappa shape index (κ1) is 17.3. The van der Waals surface area contributed by atoms with Crippen LogP contribution in [-0.4, -0.2) is 16.7 Å². The van der Waals surface area contributed by atoms with E-state index < -0.39 is 0 Å². The van der Waals surface area contributed by atoms with Gasteiger partial charge in [-0.05, 0) is 36.6 Å². The van der Waals surface area contributed by atoms with Crippen molar-refractivity contribution >= 4 is 11.0 Å². The van der Waals surface area contributed by atoms with E-state index in [1.54, 1.807) is 7.11 Å². The number of benzene rings is 3. The molecule has 0 fully saturated rings. The van der Waals surface area contributed by atoms with E-state index in [-0.39, 0.29) is 0 Å². The van der Waals surface area contributed by atoms with Crippen LogP contribution in [0, 0.1) is 6.92 Å². The highest BCUT2D eigenvalue weighted by atomic mass is 16.5. The number of hydrogen-bond acceptors (Lipinski definition) is 2. The summed E-state index contributed by atoms with van der Waals surface area (Å²) in [6, 6.07) is 25.5. The maximum Gasteiger partial charge on any atom is 0.121 e. The van der Waals surface area contributed by atoms with Crippen LogP contribution < -0.4 is 4.74 Å². The van der Waals surface area contributed by atoms with Crippen LogP contribution >= 0.6 is 0 Å². The topological polar surface area (TPSA) is 27.1 Å². The number of aryl methyl sites for hydroxylation is 3. The number of aromatic nitrogens is 2. The van der Waals surface area contributed by atoms with Crippen LogP contribution in [0.5, 0.6) is 5.75 Å². The molecule has 4 aromatic rings. The first-order valence-electron chi connectivity index (χ1n) is 9.35. The van der Waals surface area contributed by atoms with Crippen molar-refractivity contribution < 1.29 is 4.74 Å². The third-order valence-corrected chi connectivity index (χ3v) is 4.98. The van der Waals surface area contributed by atoms with Gasteiger partial charge in [0.15, 0.2) is 0 Å². The molecule has 0 aliphatic rings. The zero-order chi connectivity index (χ0) is 18.6. The van der Waals surface area contributed by atoms with E-state index in [9.17, 15) is 0 Å². The zero-order valence-electron chi connectivity index (χ0n) is 15.9. The Morgan fingerprint density at radius 2 is 1.63 bits per heavy atom. The zero-order valence-corrected chi connectivity index (χ0v) is 15.9. The van der Waals surface area contributed by atoms with Gasteiger partial charge in [0.25, 0.3) is 0 Å². The molecule has 0 unspecified atom stereocenters. The molecule has 1 heterocycles. The maximum atomic E-state index is 5.38. The van der Waals surface area contributed by atoms with Crippen molar-refractivity contribution in [1.82, 2.24) is 9.55 Å². The van der Waals surface area contributed by atoms with Crippen LogP contribution in [0.3, 0.4) is 0 Å². The average Bonchev–Trinajstić information content (AvgIpc) is 3.05. The lowest BCUT2D eigenvalue weighted by atomic mass is 10.1. The van der Waals surface area contributed by atoms with E-state index in [4.69, 9.17) is 9.72 Å². The Hall–Kier alpha value is -3.07. The molecule has 0 spiro atoms. The lowest BCUT2D eigenvalue weighted by Gasteiger charge is -2.10. The second kappa shape index (κ2) is 7.67. The molecule has 0 atom stereocenters. The van der Waals surface area contributed by atoms with Crippen molar-refractivity contribution in [2.24, 2.45) is 0 Å². The van der Waals surface area contributed by atoms with Gasteiger partial charge in [-0.25, -0.2) is 4.98 Å².